The molecule has 114 valence electrons. The molecule has 0 bridgehead atoms. The Bertz CT molecular complexity index is 743. The van der Waals surface area contributed by atoms with Crippen molar-refractivity contribution in [3.05, 3.63) is 28.2 Å². The molecule has 9 heteroatoms. The van der Waals surface area contributed by atoms with E-state index in [1.807, 2.05) is 0 Å². The van der Waals surface area contributed by atoms with Crippen molar-refractivity contribution in [2.24, 2.45) is 5.92 Å². The number of nitrogens with zero attached hydrogens (tertiary/aromatic N) is 2. The van der Waals surface area contributed by atoms with Crippen LogP contribution in [0, 0.1) is 5.92 Å². The van der Waals surface area contributed by atoms with Crippen molar-refractivity contribution in [2.75, 3.05) is 10.5 Å². The molecule has 0 amide bonds. The summed E-state index contributed by atoms with van der Waals surface area (Å²) in [5.41, 5.74) is 5.92. The third-order valence-corrected chi connectivity index (χ3v) is 5.33. The minimum Gasteiger partial charge on any atom is -0.399 e. The quantitative estimate of drug-likeness (QED) is 0.811. The molecule has 0 aliphatic carbocycles. The van der Waals surface area contributed by atoms with E-state index in [4.69, 9.17) is 17.3 Å². The molecule has 1 aromatic heterocycles. The zero-order valence-electron chi connectivity index (χ0n) is 11.5. The SMILES string of the molecule is CC(C)Cc1nnc(NS(=O)(=O)c2cc(N)ccc2Cl)s1. The number of nitrogens with two attached hydrogens (primary N) is 1. The maximum absolute atomic E-state index is 12.3. The number of nitrogens with one attached hydrogen (secondary N) is 1. The fourth-order valence-electron chi connectivity index (χ4n) is 1.62. The second-order valence-corrected chi connectivity index (χ2v) is 8.01. The molecule has 0 aliphatic rings. The second kappa shape index (κ2) is 6.17. The normalized spacial score (nSPS) is 11.8. The molecule has 0 aliphatic heterocycles. The lowest BCUT2D eigenvalue weighted by atomic mass is 10.1. The van der Waals surface area contributed by atoms with Crippen LogP contribution in [0.4, 0.5) is 10.8 Å². The summed E-state index contributed by atoms with van der Waals surface area (Å²) in [6, 6.07) is 4.28. The molecule has 1 aromatic carbocycles. The Balaban J connectivity index is 2.25. The standard InChI is InChI=1S/C12H15ClN4O2S2/c1-7(2)5-11-15-16-12(20-11)17-21(18,19)10-6-8(14)3-4-9(10)13/h3-4,6-7H,5,14H2,1-2H3,(H,16,17). The molecule has 2 rings (SSSR count). The van der Waals surface area contributed by atoms with Crippen LogP contribution in [0.5, 0.6) is 0 Å². The smallest absolute Gasteiger partial charge is 0.265 e. The highest BCUT2D eigenvalue weighted by Gasteiger charge is 2.20. The minimum absolute atomic E-state index is 0.0789. The van der Waals surface area contributed by atoms with Crippen molar-refractivity contribution in [1.29, 1.82) is 0 Å². The van der Waals surface area contributed by atoms with Gasteiger partial charge >= 0.3 is 0 Å². The van der Waals surface area contributed by atoms with Gasteiger partial charge in [-0.3, -0.25) is 4.72 Å². The van der Waals surface area contributed by atoms with Crippen molar-refractivity contribution < 1.29 is 8.42 Å². The number of nitrogen functional groups attached to an aromatic ring is 1. The highest BCUT2D eigenvalue weighted by Crippen LogP contribution is 2.27. The molecule has 6 nitrogen and oxygen atoms in total. The first kappa shape index (κ1) is 16.0. The number of hydrogen-bond donors (Lipinski definition) is 2. The first-order chi connectivity index (χ1) is 9.78. The maximum atomic E-state index is 12.3. The third-order valence-electron chi connectivity index (χ3n) is 2.52. The Morgan fingerprint density at radius 1 is 1.38 bits per heavy atom. The molecule has 21 heavy (non-hydrogen) atoms. The van der Waals surface area contributed by atoms with E-state index in [-0.39, 0.29) is 15.0 Å². The summed E-state index contributed by atoms with van der Waals surface area (Å²) in [5, 5.41) is 8.89. The Hall–Kier alpha value is -1.38. The van der Waals surface area contributed by atoms with E-state index in [0.717, 1.165) is 11.4 Å². The van der Waals surface area contributed by atoms with Gasteiger partial charge in [0.05, 0.1) is 5.02 Å². The topological polar surface area (TPSA) is 98.0 Å². The molecule has 1 heterocycles. The summed E-state index contributed by atoms with van der Waals surface area (Å²) in [7, 11) is -3.84. The lowest BCUT2D eigenvalue weighted by molar-refractivity contribution is 0.601. The first-order valence-corrected chi connectivity index (χ1v) is 8.86. The van der Waals surface area contributed by atoms with Crippen LogP contribution in [0.3, 0.4) is 0 Å². The first-order valence-electron chi connectivity index (χ1n) is 6.18. The van der Waals surface area contributed by atoms with Crippen molar-refractivity contribution in [2.45, 2.75) is 25.2 Å². The Labute approximate surface area is 132 Å². The molecule has 0 fully saturated rings. The number of aromatic nitrogens is 2. The van der Waals surface area contributed by atoms with Gasteiger partial charge in [0.2, 0.25) is 5.13 Å². The Morgan fingerprint density at radius 3 is 2.76 bits per heavy atom. The van der Waals surface area contributed by atoms with Crippen LogP contribution in [0.15, 0.2) is 23.1 Å². The third kappa shape index (κ3) is 4.05. The van der Waals surface area contributed by atoms with Gasteiger partial charge in [-0.1, -0.05) is 36.8 Å². The molecule has 0 saturated carbocycles. The summed E-state index contributed by atoms with van der Waals surface area (Å²) in [5.74, 6) is 0.422. The van der Waals surface area contributed by atoms with Crippen molar-refractivity contribution in [3.63, 3.8) is 0 Å². The van der Waals surface area contributed by atoms with E-state index >= 15 is 0 Å². The van der Waals surface area contributed by atoms with Gasteiger partial charge in [-0.2, -0.15) is 0 Å². The van der Waals surface area contributed by atoms with Crippen LogP contribution in [-0.4, -0.2) is 18.6 Å². The molecule has 0 radical (unpaired) electrons. The van der Waals surface area contributed by atoms with E-state index in [9.17, 15) is 8.42 Å². The number of sulfonamides is 1. The van der Waals surface area contributed by atoms with Crippen LogP contribution < -0.4 is 10.5 Å². The summed E-state index contributed by atoms with van der Waals surface area (Å²) in [6.07, 6.45) is 0.748. The average Bonchev–Trinajstić information content (AvgIpc) is 2.77. The van der Waals surface area contributed by atoms with Gasteiger partial charge in [0.25, 0.3) is 10.0 Å². The summed E-state index contributed by atoms with van der Waals surface area (Å²) in [4.78, 5) is -0.0789. The van der Waals surface area contributed by atoms with Crippen LogP contribution in [0.2, 0.25) is 5.02 Å². The molecule has 0 saturated heterocycles. The number of benzene rings is 1. The summed E-state index contributed by atoms with van der Waals surface area (Å²) >= 11 is 7.12. The number of hydrogen-bond acceptors (Lipinski definition) is 6. The van der Waals surface area contributed by atoms with Gasteiger partial charge < -0.3 is 5.73 Å². The number of rotatable bonds is 5. The van der Waals surface area contributed by atoms with E-state index in [0.29, 0.717) is 11.6 Å². The lowest BCUT2D eigenvalue weighted by Crippen LogP contribution is -2.13. The van der Waals surface area contributed by atoms with E-state index in [2.05, 4.69) is 28.8 Å². The fraction of sp³-hybridized carbons (Fsp3) is 0.333. The Morgan fingerprint density at radius 2 is 2.10 bits per heavy atom. The molecule has 0 unspecified atom stereocenters. The van der Waals surface area contributed by atoms with E-state index in [1.54, 1.807) is 0 Å². The van der Waals surface area contributed by atoms with Gasteiger partial charge in [0.15, 0.2) is 0 Å². The highest BCUT2D eigenvalue weighted by atomic mass is 35.5. The van der Waals surface area contributed by atoms with Crippen molar-refractivity contribution >= 4 is 43.8 Å². The molecule has 0 spiro atoms. The van der Waals surface area contributed by atoms with E-state index < -0.39 is 10.0 Å². The zero-order valence-corrected chi connectivity index (χ0v) is 13.9. The molecular formula is C12H15ClN4O2S2. The van der Waals surface area contributed by atoms with Crippen LogP contribution in [-0.2, 0) is 16.4 Å². The largest absolute Gasteiger partial charge is 0.399 e. The molecule has 0 atom stereocenters. The molecule has 3 N–H and O–H groups in total. The predicted molar refractivity (Wildman–Crippen MR) is 85.1 cm³/mol. The fourth-order valence-corrected chi connectivity index (χ4v) is 4.34. The molecule has 2 aromatic rings. The maximum Gasteiger partial charge on any atom is 0.265 e. The number of halogens is 1. The summed E-state index contributed by atoms with van der Waals surface area (Å²) < 4.78 is 27.0. The van der Waals surface area contributed by atoms with Gasteiger partial charge in [-0.05, 0) is 24.1 Å². The zero-order chi connectivity index (χ0) is 15.6. The average molecular weight is 347 g/mol. The lowest BCUT2D eigenvalue weighted by Gasteiger charge is -2.07. The monoisotopic (exact) mass is 346 g/mol. The molecular weight excluding hydrogens is 332 g/mol. The minimum atomic E-state index is -3.84. The van der Waals surface area contributed by atoms with Crippen LogP contribution in [0.25, 0.3) is 0 Å². The van der Waals surface area contributed by atoms with Crippen LogP contribution >= 0.6 is 22.9 Å². The van der Waals surface area contributed by atoms with Gasteiger partial charge in [0, 0.05) is 12.1 Å². The highest BCUT2D eigenvalue weighted by molar-refractivity contribution is 7.93. The van der Waals surface area contributed by atoms with Crippen molar-refractivity contribution in [3.8, 4) is 0 Å². The van der Waals surface area contributed by atoms with E-state index in [1.165, 1.54) is 29.5 Å². The van der Waals surface area contributed by atoms with Gasteiger partial charge in [-0.25, -0.2) is 8.42 Å². The second-order valence-electron chi connectivity index (χ2n) is 4.89. The van der Waals surface area contributed by atoms with Crippen LogP contribution in [0.1, 0.15) is 18.9 Å². The predicted octanol–water partition coefficient (Wildman–Crippen LogP) is 2.77. The number of anilines is 2. The summed E-state index contributed by atoms with van der Waals surface area (Å²) in [6.45, 7) is 4.11. The van der Waals surface area contributed by atoms with Crippen molar-refractivity contribution in [1.82, 2.24) is 10.2 Å². The van der Waals surface area contributed by atoms with Gasteiger partial charge in [-0.15, -0.1) is 10.2 Å². The van der Waals surface area contributed by atoms with Gasteiger partial charge in [0.1, 0.15) is 9.90 Å². The Kier molecular flexibility index (Phi) is 4.70.